The van der Waals surface area contributed by atoms with E-state index < -0.39 is 17.8 Å². The average molecular weight is 409 g/mol. The summed E-state index contributed by atoms with van der Waals surface area (Å²) in [4.78, 5) is 37.7. The second-order valence-electron chi connectivity index (χ2n) is 7.08. The molecule has 0 saturated carbocycles. The van der Waals surface area contributed by atoms with Gasteiger partial charge in [-0.25, -0.2) is 9.69 Å². The van der Waals surface area contributed by atoms with Gasteiger partial charge in [0, 0.05) is 5.39 Å². The summed E-state index contributed by atoms with van der Waals surface area (Å²) in [6, 6.07) is 24.2. The fourth-order valence-corrected chi connectivity index (χ4v) is 3.68. The van der Waals surface area contributed by atoms with Crippen LogP contribution in [0.3, 0.4) is 0 Å². The lowest BCUT2D eigenvalue weighted by Crippen LogP contribution is -2.29. The van der Waals surface area contributed by atoms with Crippen LogP contribution in [0, 0.1) is 0 Å². The highest BCUT2D eigenvalue weighted by Crippen LogP contribution is 2.33. The number of hydrogen-bond donors (Lipinski definition) is 1. The Morgan fingerprint density at radius 2 is 1.48 bits per heavy atom. The molecule has 1 aliphatic rings. The number of aromatic carboxylic acids is 1. The van der Waals surface area contributed by atoms with Gasteiger partial charge in [-0.2, -0.15) is 0 Å². The number of anilines is 1. The van der Waals surface area contributed by atoms with Crippen LogP contribution in [0.5, 0.6) is 11.5 Å². The van der Waals surface area contributed by atoms with Gasteiger partial charge in [-0.1, -0.05) is 36.4 Å². The van der Waals surface area contributed by atoms with E-state index in [-0.39, 0.29) is 16.7 Å². The SMILES string of the molecule is O=C(O)c1ccc2c(c1)C(=O)N(c1ccc(Oc3cccc4ccccc34)cc1)C2=O. The minimum Gasteiger partial charge on any atom is -0.478 e. The molecule has 1 N–H and O–H groups in total. The first-order chi connectivity index (χ1) is 15.0. The lowest BCUT2D eigenvalue weighted by Gasteiger charge is -2.15. The number of fused-ring (bicyclic) bond motifs is 2. The maximum absolute atomic E-state index is 12.8. The molecule has 6 heteroatoms. The molecule has 0 bridgehead atoms. The Morgan fingerprint density at radius 3 is 2.26 bits per heavy atom. The van der Waals surface area contributed by atoms with E-state index in [1.807, 2.05) is 42.5 Å². The number of nitrogens with zero attached hydrogens (tertiary/aromatic N) is 1. The molecule has 2 amide bonds. The molecule has 0 atom stereocenters. The number of ether oxygens (including phenoxy) is 1. The van der Waals surface area contributed by atoms with E-state index in [9.17, 15) is 14.4 Å². The van der Waals surface area contributed by atoms with E-state index in [1.54, 1.807) is 24.3 Å². The van der Waals surface area contributed by atoms with Crippen molar-refractivity contribution < 1.29 is 24.2 Å². The number of carbonyl (C=O) groups excluding carboxylic acids is 2. The number of rotatable bonds is 4. The number of imide groups is 1. The summed E-state index contributed by atoms with van der Waals surface area (Å²) in [7, 11) is 0. The Labute approximate surface area is 176 Å². The monoisotopic (exact) mass is 409 g/mol. The van der Waals surface area contributed by atoms with E-state index in [0.29, 0.717) is 17.2 Å². The van der Waals surface area contributed by atoms with E-state index >= 15 is 0 Å². The first kappa shape index (κ1) is 18.6. The summed E-state index contributed by atoms with van der Waals surface area (Å²) >= 11 is 0. The third-order valence-corrected chi connectivity index (χ3v) is 5.21. The predicted molar refractivity (Wildman–Crippen MR) is 115 cm³/mol. The van der Waals surface area contributed by atoms with Crippen LogP contribution in [-0.2, 0) is 0 Å². The standard InChI is InChI=1S/C25H15NO5/c27-23-20-13-8-16(25(29)30)14-21(20)24(28)26(23)17-9-11-18(12-10-17)31-22-7-3-5-15-4-1-2-6-19(15)22/h1-14H,(H,29,30). The minimum atomic E-state index is -1.16. The van der Waals surface area contributed by atoms with Crippen molar-refractivity contribution in [1.29, 1.82) is 0 Å². The first-order valence-corrected chi connectivity index (χ1v) is 9.55. The maximum Gasteiger partial charge on any atom is 0.335 e. The number of amides is 2. The van der Waals surface area contributed by atoms with Gasteiger partial charge in [-0.05, 0) is 53.9 Å². The van der Waals surface area contributed by atoms with Gasteiger partial charge >= 0.3 is 5.97 Å². The zero-order valence-electron chi connectivity index (χ0n) is 16.1. The van der Waals surface area contributed by atoms with Gasteiger partial charge in [0.15, 0.2) is 0 Å². The smallest absolute Gasteiger partial charge is 0.335 e. The van der Waals surface area contributed by atoms with Crippen molar-refractivity contribution in [3.05, 3.63) is 102 Å². The Kier molecular flexibility index (Phi) is 4.26. The number of carbonyl (C=O) groups is 3. The van der Waals surface area contributed by atoms with Gasteiger partial charge in [0.1, 0.15) is 11.5 Å². The molecule has 4 aromatic carbocycles. The van der Waals surface area contributed by atoms with Crippen LogP contribution in [0.4, 0.5) is 5.69 Å². The van der Waals surface area contributed by atoms with Crippen molar-refractivity contribution in [2.45, 2.75) is 0 Å². The third-order valence-electron chi connectivity index (χ3n) is 5.21. The molecule has 0 unspecified atom stereocenters. The molecule has 4 aromatic rings. The van der Waals surface area contributed by atoms with E-state index in [2.05, 4.69) is 0 Å². The Morgan fingerprint density at radius 1 is 0.774 bits per heavy atom. The van der Waals surface area contributed by atoms with Crippen molar-refractivity contribution in [3.8, 4) is 11.5 Å². The van der Waals surface area contributed by atoms with E-state index in [1.165, 1.54) is 18.2 Å². The average Bonchev–Trinajstić information content (AvgIpc) is 3.04. The highest BCUT2D eigenvalue weighted by atomic mass is 16.5. The van der Waals surface area contributed by atoms with Gasteiger partial charge in [-0.3, -0.25) is 9.59 Å². The van der Waals surface area contributed by atoms with Crippen LogP contribution in [0.2, 0.25) is 0 Å². The van der Waals surface area contributed by atoms with E-state index in [0.717, 1.165) is 15.7 Å². The van der Waals surface area contributed by atoms with Gasteiger partial charge in [0.25, 0.3) is 11.8 Å². The van der Waals surface area contributed by atoms with Gasteiger partial charge < -0.3 is 9.84 Å². The Balaban J connectivity index is 1.43. The molecule has 6 nitrogen and oxygen atoms in total. The van der Waals surface area contributed by atoms with Crippen LogP contribution in [0.15, 0.2) is 84.9 Å². The lowest BCUT2D eigenvalue weighted by molar-refractivity contribution is 0.0696. The van der Waals surface area contributed by atoms with E-state index in [4.69, 9.17) is 9.84 Å². The summed E-state index contributed by atoms with van der Waals surface area (Å²) in [5.74, 6) is -0.931. The molecule has 1 heterocycles. The molecule has 150 valence electrons. The first-order valence-electron chi connectivity index (χ1n) is 9.55. The lowest BCUT2D eigenvalue weighted by atomic mass is 10.1. The van der Waals surface area contributed by atoms with Crippen LogP contribution in [0.25, 0.3) is 10.8 Å². The molecule has 0 fully saturated rings. The van der Waals surface area contributed by atoms with Gasteiger partial charge in [0.05, 0.1) is 22.4 Å². The molecular formula is C25H15NO5. The number of benzene rings is 4. The molecule has 0 saturated heterocycles. The summed E-state index contributed by atoms with van der Waals surface area (Å²) in [6.07, 6.45) is 0. The normalized spacial score (nSPS) is 12.8. The molecule has 0 spiro atoms. The Bertz CT molecular complexity index is 1370. The van der Waals surface area contributed by atoms with Gasteiger partial charge in [0.2, 0.25) is 0 Å². The maximum atomic E-state index is 12.8. The summed E-state index contributed by atoms with van der Waals surface area (Å²) in [6.45, 7) is 0. The second-order valence-corrected chi connectivity index (χ2v) is 7.08. The predicted octanol–water partition coefficient (Wildman–Crippen LogP) is 5.13. The van der Waals surface area contributed by atoms with Crippen LogP contribution in [-0.4, -0.2) is 22.9 Å². The summed E-state index contributed by atoms with van der Waals surface area (Å²) < 4.78 is 6.01. The molecule has 31 heavy (non-hydrogen) atoms. The molecule has 1 aliphatic heterocycles. The fraction of sp³-hybridized carbons (Fsp3) is 0. The molecule has 0 radical (unpaired) electrons. The van der Waals surface area contributed by atoms with Crippen molar-refractivity contribution in [1.82, 2.24) is 0 Å². The third kappa shape index (κ3) is 3.11. The van der Waals surface area contributed by atoms with Crippen molar-refractivity contribution in [2.24, 2.45) is 0 Å². The van der Waals surface area contributed by atoms with Crippen molar-refractivity contribution in [2.75, 3.05) is 4.90 Å². The largest absolute Gasteiger partial charge is 0.478 e. The molecular weight excluding hydrogens is 394 g/mol. The van der Waals surface area contributed by atoms with Crippen molar-refractivity contribution in [3.63, 3.8) is 0 Å². The highest BCUT2D eigenvalue weighted by Gasteiger charge is 2.37. The molecule has 0 aromatic heterocycles. The molecule has 0 aliphatic carbocycles. The van der Waals surface area contributed by atoms with Crippen LogP contribution < -0.4 is 9.64 Å². The fourth-order valence-electron chi connectivity index (χ4n) is 3.68. The van der Waals surface area contributed by atoms with Gasteiger partial charge in [-0.15, -0.1) is 0 Å². The Hall–Kier alpha value is -4.45. The number of carboxylic acids is 1. The quantitative estimate of drug-likeness (QED) is 0.472. The highest BCUT2D eigenvalue weighted by molar-refractivity contribution is 6.34. The van der Waals surface area contributed by atoms with Crippen molar-refractivity contribution >= 4 is 34.2 Å². The summed E-state index contributed by atoms with van der Waals surface area (Å²) in [5, 5.41) is 11.2. The molecule has 5 rings (SSSR count). The summed E-state index contributed by atoms with van der Waals surface area (Å²) in [5.41, 5.74) is 0.612. The van der Waals surface area contributed by atoms with Crippen LogP contribution >= 0.6 is 0 Å². The topological polar surface area (TPSA) is 83.9 Å². The number of carboxylic acid groups (broad SMARTS) is 1. The minimum absolute atomic E-state index is 0.0411. The van der Waals surface area contributed by atoms with Crippen LogP contribution in [0.1, 0.15) is 31.1 Å². The second kappa shape index (κ2) is 7.11. The number of hydrogen-bond acceptors (Lipinski definition) is 4. The zero-order valence-corrected chi connectivity index (χ0v) is 16.1. The zero-order chi connectivity index (χ0) is 21.5.